The average Bonchev–Trinajstić information content (AvgIpc) is 2.45. The van der Waals surface area contributed by atoms with Crippen LogP contribution in [0.25, 0.3) is 0 Å². The summed E-state index contributed by atoms with van der Waals surface area (Å²) in [4.78, 5) is 4.19. The number of hydrogen-bond donors (Lipinski definition) is 1. The minimum atomic E-state index is -4.31. The summed E-state index contributed by atoms with van der Waals surface area (Å²) in [6.45, 7) is 0. The van der Waals surface area contributed by atoms with Gasteiger partial charge in [-0.2, -0.15) is 13.2 Å². The minimum Gasteiger partial charge on any atom is -0.324 e. The lowest BCUT2D eigenvalue weighted by Gasteiger charge is -2.13. The first kappa shape index (κ1) is 14.5. The van der Waals surface area contributed by atoms with Crippen LogP contribution in [0.5, 0.6) is 0 Å². The van der Waals surface area contributed by atoms with Crippen molar-refractivity contribution in [2.75, 3.05) is 0 Å². The van der Waals surface area contributed by atoms with Crippen LogP contribution in [0.15, 0.2) is 48.7 Å². The van der Waals surface area contributed by atoms with Gasteiger partial charge in [0.25, 0.3) is 0 Å². The first-order valence-corrected chi connectivity index (χ1v) is 6.29. The van der Waals surface area contributed by atoms with Crippen molar-refractivity contribution < 1.29 is 13.2 Å². The number of halogens is 3. The Morgan fingerprint density at radius 2 is 1.75 bits per heavy atom. The molecule has 2 N–H and O–H groups in total. The lowest BCUT2D eigenvalue weighted by molar-refractivity contribution is -0.137. The third kappa shape index (κ3) is 3.81. The number of hydrogen-bond acceptors (Lipinski definition) is 2. The van der Waals surface area contributed by atoms with Gasteiger partial charge in [-0.25, -0.2) is 0 Å². The molecule has 0 bridgehead atoms. The molecule has 20 heavy (non-hydrogen) atoms. The average molecular weight is 280 g/mol. The van der Waals surface area contributed by atoms with E-state index in [4.69, 9.17) is 5.73 Å². The molecule has 0 aliphatic carbocycles. The molecule has 0 fully saturated rings. The van der Waals surface area contributed by atoms with Crippen LogP contribution in [0.3, 0.4) is 0 Å². The summed E-state index contributed by atoms with van der Waals surface area (Å²) in [5, 5.41) is 0. The number of nitrogens with zero attached hydrogens (tertiary/aromatic N) is 1. The third-order valence-corrected chi connectivity index (χ3v) is 3.10. The van der Waals surface area contributed by atoms with Gasteiger partial charge in [-0.3, -0.25) is 4.98 Å². The molecule has 0 saturated heterocycles. The topological polar surface area (TPSA) is 38.9 Å². The number of benzene rings is 1. The molecule has 0 amide bonds. The monoisotopic (exact) mass is 280 g/mol. The fraction of sp³-hybridized carbons (Fsp3) is 0.267. The molecule has 0 saturated carbocycles. The van der Waals surface area contributed by atoms with Crippen molar-refractivity contribution in [3.8, 4) is 0 Å². The lowest BCUT2D eigenvalue weighted by Crippen LogP contribution is -2.12. The zero-order chi connectivity index (χ0) is 14.6. The van der Waals surface area contributed by atoms with Crippen LogP contribution in [0.2, 0.25) is 0 Å². The van der Waals surface area contributed by atoms with E-state index in [-0.39, 0.29) is 6.04 Å². The fourth-order valence-corrected chi connectivity index (χ4v) is 1.94. The highest BCUT2D eigenvalue weighted by molar-refractivity contribution is 5.26. The Bertz CT molecular complexity index is 535. The van der Waals surface area contributed by atoms with Crippen molar-refractivity contribution >= 4 is 0 Å². The summed E-state index contributed by atoms with van der Waals surface area (Å²) in [7, 11) is 0. The fourth-order valence-electron chi connectivity index (χ4n) is 1.94. The van der Waals surface area contributed by atoms with Gasteiger partial charge in [0.1, 0.15) is 0 Å². The molecule has 0 radical (unpaired) electrons. The molecule has 1 aromatic heterocycles. The van der Waals surface area contributed by atoms with Crippen LogP contribution in [-0.4, -0.2) is 4.98 Å². The molecule has 0 spiro atoms. The van der Waals surface area contributed by atoms with E-state index < -0.39 is 11.7 Å². The Labute approximate surface area is 115 Å². The van der Waals surface area contributed by atoms with Crippen LogP contribution in [-0.2, 0) is 12.6 Å². The molecule has 2 nitrogen and oxygen atoms in total. The normalized spacial score (nSPS) is 13.2. The van der Waals surface area contributed by atoms with Gasteiger partial charge in [0.15, 0.2) is 0 Å². The minimum absolute atomic E-state index is 0.292. The number of alkyl halides is 3. The number of rotatable bonds is 4. The molecule has 0 aliphatic heterocycles. The Kier molecular flexibility index (Phi) is 4.39. The van der Waals surface area contributed by atoms with Gasteiger partial charge in [0.2, 0.25) is 0 Å². The van der Waals surface area contributed by atoms with E-state index in [9.17, 15) is 13.2 Å². The largest absolute Gasteiger partial charge is 0.416 e. The molecule has 1 unspecified atom stereocenters. The van der Waals surface area contributed by atoms with Gasteiger partial charge < -0.3 is 5.73 Å². The number of aryl methyl sites for hydroxylation is 1. The van der Waals surface area contributed by atoms with Crippen molar-refractivity contribution in [1.29, 1.82) is 0 Å². The predicted octanol–water partition coefficient (Wildman–Crippen LogP) is 3.73. The lowest BCUT2D eigenvalue weighted by atomic mass is 10.0. The van der Waals surface area contributed by atoms with Crippen LogP contribution in [0, 0.1) is 0 Å². The Morgan fingerprint density at radius 3 is 2.30 bits per heavy atom. The van der Waals surface area contributed by atoms with Gasteiger partial charge in [-0.15, -0.1) is 0 Å². The maximum absolute atomic E-state index is 12.5. The quantitative estimate of drug-likeness (QED) is 0.926. The zero-order valence-electron chi connectivity index (χ0n) is 10.8. The van der Waals surface area contributed by atoms with Crippen molar-refractivity contribution in [2.45, 2.75) is 25.1 Å². The highest BCUT2D eigenvalue weighted by atomic mass is 19.4. The molecule has 0 aliphatic rings. The maximum atomic E-state index is 12.5. The Balaban J connectivity index is 1.97. The summed E-state index contributed by atoms with van der Waals surface area (Å²) in [6, 6.07) is 10.3. The first-order valence-electron chi connectivity index (χ1n) is 6.29. The van der Waals surface area contributed by atoms with E-state index in [0.717, 1.165) is 17.8 Å². The first-order chi connectivity index (χ1) is 9.47. The van der Waals surface area contributed by atoms with Crippen molar-refractivity contribution in [1.82, 2.24) is 4.98 Å². The van der Waals surface area contributed by atoms with E-state index in [0.29, 0.717) is 18.4 Å². The second-order valence-electron chi connectivity index (χ2n) is 4.59. The summed E-state index contributed by atoms with van der Waals surface area (Å²) in [5.74, 6) is 0. The molecule has 106 valence electrons. The van der Waals surface area contributed by atoms with Gasteiger partial charge in [0.05, 0.1) is 5.56 Å². The second-order valence-corrected chi connectivity index (χ2v) is 4.59. The molecular weight excluding hydrogens is 265 g/mol. The van der Waals surface area contributed by atoms with Crippen LogP contribution in [0.1, 0.15) is 29.3 Å². The van der Waals surface area contributed by atoms with Crippen LogP contribution < -0.4 is 5.73 Å². The molecular formula is C15H15F3N2. The predicted molar refractivity (Wildman–Crippen MR) is 70.9 cm³/mol. The van der Waals surface area contributed by atoms with Gasteiger partial charge in [-0.05, 0) is 42.7 Å². The molecule has 2 rings (SSSR count). The SMILES string of the molecule is NC(CCc1ccccn1)c1ccc(C(F)(F)F)cc1. The second kappa shape index (κ2) is 6.05. The highest BCUT2D eigenvalue weighted by Gasteiger charge is 2.30. The van der Waals surface area contributed by atoms with E-state index >= 15 is 0 Å². The Morgan fingerprint density at radius 1 is 1.05 bits per heavy atom. The van der Waals surface area contributed by atoms with Gasteiger partial charge in [0, 0.05) is 17.9 Å². The van der Waals surface area contributed by atoms with Gasteiger partial charge in [-0.1, -0.05) is 18.2 Å². The summed E-state index contributed by atoms with van der Waals surface area (Å²) < 4.78 is 37.4. The van der Waals surface area contributed by atoms with Crippen molar-refractivity contribution in [2.24, 2.45) is 5.73 Å². The standard InChI is InChI=1S/C15H15F3N2/c16-15(17,18)12-6-4-11(5-7-12)14(19)9-8-13-3-1-2-10-20-13/h1-7,10,14H,8-9,19H2. The maximum Gasteiger partial charge on any atom is 0.416 e. The molecule has 1 atom stereocenters. The number of pyridine rings is 1. The summed E-state index contributed by atoms with van der Waals surface area (Å²) >= 11 is 0. The summed E-state index contributed by atoms with van der Waals surface area (Å²) in [6.07, 6.45) is -1.26. The van der Waals surface area contributed by atoms with E-state index in [1.807, 2.05) is 18.2 Å². The van der Waals surface area contributed by atoms with Crippen molar-refractivity contribution in [3.05, 3.63) is 65.5 Å². The van der Waals surface area contributed by atoms with Crippen LogP contribution in [0.4, 0.5) is 13.2 Å². The summed E-state index contributed by atoms with van der Waals surface area (Å²) in [5.41, 5.74) is 6.97. The molecule has 5 heteroatoms. The van der Waals surface area contributed by atoms with E-state index in [2.05, 4.69) is 4.98 Å². The highest BCUT2D eigenvalue weighted by Crippen LogP contribution is 2.30. The van der Waals surface area contributed by atoms with E-state index in [1.165, 1.54) is 12.1 Å². The molecule has 1 heterocycles. The Hall–Kier alpha value is -1.88. The third-order valence-electron chi connectivity index (χ3n) is 3.10. The molecule has 2 aromatic rings. The van der Waals surface area contributed by atoms with Gasteiger partial charge >= 0.3 is 6.18 Å². The van der Waals surface area contributed by atoms with E-state index in [1.54, 1.807) is 6.20 Å². The van der Waals surface area contributed by atoms with Crippen LogP contribution >= 0.6 is 0 Å². The zero-order valence-corrected chi connectivity index (χ0v) is 10.8. The number of nitrogens with two attached hydrogens (primary N) is 1. The molecule has 1 aromatic carbocycles. The smallest absolute Gasteiger partial charge is 0.324 e. The van der Waals surface area contributed by atoms with Crippen molar-refractivity contribution in [3.63, 3.8) is 0 Å². The number of aromatic nitrogens is 1.